The molecule has 0 bridgehead atoms. The van der Waals surface area contributed by atoms with Crippen LogP contribution in [0.3, 0.4) is 0 Å². The summed E-state index contributed by atoms with van der Waals surface area (Å²) in [6.07, 6.45) is 7.15. The summed E-state index contributed by atoms with van der Waals surface area (Å²) in [6.45, 7) is 6.06. The fourth-order valence-corrected chi connectivity index (χ4v) is 3.19. The van der Waals surface area contributed by atoms with Gasteiger partial charge in [0.25, 0.3) is 0 Å². The number of primary amides is 1. The third-order valence-corrected chi connectivity index (χ3v) is 4.63. The maximum atomic E-state index is 8.58. The van der Waals surface area contributed by atoms with Crippen molar-refractivity contribution in [1.29, 1.82) is 0 Å². The normalized spacial score (nSPS) is 15.4. The highest BCUT2D eigenvalue weighted by molar-refractivity contribution is 5.73. The Bertz CT molecular complexity index is 892. The molecule has 0 unspecified atom stereocenters. The van der Waals surface area contributed by atoms with Gasteiger partial charge >= 0.3 is 0 Å². The Morgan fingerprint density at radius 3 is 2.68 bits per heavy atom. The van der Waals surface area contributed by atoms with Crippen LogP contribution in [0.15, 0.2) is 24.4 Å². The van der Waals surface area contributed by atoms with Gasteiger partial charge in [0.15, 0.2) is 11.6 Å². The number of carbonyl (C=O) groups is 1. The van der Waals surface area contributed by atoms with E-state index < -0.39 is 0 Å². The van der Waals surface area contributed by atoms with Gasteiger partial charge < -0.3 is 16.0 Å². The molecule has 3 aromatic rings. The molecule has 1 aliphatic heterocycles. The van der Waals surface area contributed by atoms with Crippen molar-refractivity contribution in [3.8, 4) is 0 Å². The summed E-state index contributed by atoms with van der Waals surface area (Å²) in [5.41, 5.74) is 6.34. The second kappa shape index (κ2) is 9.20. The summed E-state index contributed by atoms with van der Waals surface area (Å²) in [7, 11) is 0. The lowest BCUT2D eigenvalue weighted by Crippen LogP contribution is -2.22. The first kappa shape index (κ1) is 19.7. The summed E-state index contributed by atoms with van der Waals surface area (Å²) < 4.78 is 1.89. The van der Waals surface area contributed by atoms with Crippen molar-refractivity contribution in [2.45, 2.75) is 45.4 Å². The van der Waals surface area contributed by atoms with Gasteiger partial charge in [0.1, 0.15) is 5.52 Å². The van der Waals surface area contributed by atoms with Gasteiger partial charge in [0, 0.05) is 37.0 Å². The minimum atomic E-state index is 0.250. The van der Waals surface area contributed by atoms with E-state index in [1.807, 2.05) is 36.7 Å². The Labute approximate surface area is 164 Å². The molecule has 0 atom stereocenters. The smallest absolute Gasteiger partial charge is 0.245 e. The van der Waals surface area contributed by atoms with E-state index in [1.165, 1.54) is 31.4 Å². The van der Waals surface area contributed by atoms with Crippen LogP contribution in [0.4, 0.5) is 17.6 Å². The number of aromatic nitrogens is 5. The Balaban J connectivity index is 0.000000414. The Kier molecular flexibility index (Phi) is 6.46. The molecule has 0 radical (unpaired) electrons. The molecule has 0 spiro atoms. The van der Waals surface area contributed by atoms with Crippen molar-refractivity contribution in [3.63, 3.8) is 0 Å². The Morgan fingerprint density at radius 1 is 1.29 bits per heavy atom. The van der Waals surface area contributed by atoms with Crippen LogP contribution >= 0.6 is 0 Å². The van der Waals surface area contributed by atoms with Crippen LogP contribution in [0.25, 0.3) is 5.52 Å². The SMILES string of the molecule is CC.NC=O.c1cc2c(Nc3cc(C4CC4)[nH]n3)nc(N3CCCC3)nn2c1. The first-order chi connectivity index (χ1) is 13.8. The van der Waals surface area contributed by atoms with Crippen LogP contribution < -0.4 is 16.0 Å². The number of H-pyrrole nitrogens is 1. The number of rotatable bonds is 4. The molecule has 0 aromatic carbocycles. The monoisotopic (exact) mass is 384 g/mol. The predicted molar refractivity (Wildman–Crippen MR) is 110 cm³/mol. The highest BCUT2D eigenvalue weighted by Crippen LogP contribution is 2.39. The van der Waals surface area contributed by atoms with Crippen LogP contribution in [0.2, 0.25) is 0 Å². The van der Waals surface area contributed by atoms with Crippen molar-refractivity contribution in [3.05, 3.63) is 30.1 Å². The number of aromatic amines is 1. The molecule has 1 amide bonds. The van der Waals surface area contributed by atoms with E-state index in [0.29, 0.717) is 5.92 Å². The second-order valence-corrected chi connectivity index (χ2v) is 6.54. The zero-order valence-electron chi connectivity index (χ0n) is 16.4. The van der Waals surface area contributed by atoms with Crippen LogP contribution in [0.1, 0.15) is 51.1 Å². The zero-order valence-corrected chi connectivity index (χ0v) is 16.4. The molecule has 2 fully saturated rings. The molecule has 4 N–H and O–H groups in total. The van der Waals surface area contributed by atoms with Crippen molar-refractivity contribution in [2.24, 2.45) is 5.73 Å². The number of fused-ring (bicyclic) bond motifs is 1. The number of carbonyl (C=O) groups excluding carboxylic acids is 1. The van der Waals surface area contributed by atoms with E-state index in [9.17, 15) is 0 Å². The van der Waals surface area contributed by atoms with E-state index in [2.05, 4.69) is 37.3 Å². The lowest BCUT2D eigenvalue weighted by atomic mass is 10.3. The second-order valence-electron chi connectivity index (χ2n) is 6.54. The van der Waals surface area contributed by atoms with Crippen molar-refractivity contribution >= 4 is 29.5 Å². The van der Waals surface area contributed by atoms with E-state index >= 15 is 0 Å². The van der Waals surface area contributed by atoms with E-state index in [1.54, 1.807) is 0 Å². The molecule has 1 saturated heterocycles. The molecule has 9 heteroatoms. The molecule has 28 heavy (non-hydrogen) atoms. The summed E-state index contributed by atoms with van der Waals surface area (Å²) in [6, 6.07) is 6.10. The van der Waals surface area contributed by atoms with Crippen LogP contribution in [0, 0.1) is 0 Å². The molecule has 2 aliphatic rings. The molecular weight excluding hydrogens is 356 g/mol. The highest BCUT2D eigenvalue weighted by atomic mass is 16.1. The van der Waals surface area contributed by atoms with Gasteiger partial charge in [-0.05, 0) is 37.8 Å². The molecule has 9 nitrogen and oxygen atoms in total. The third-order valence-electron chi connectivity index (χ3n) is 4.63. The van der Waals surface area contributed by atoms with Gasteiger partial charge in [0.05, 0.1) is 0 Å². The van der Waals surface area contributed by atoms with Crippen molar-refractivity contribution in [2.75, 3.05) is 23.3 Å². The fraction of sp³-hybridized carbons (Fsp3) is 0.474. The lowest BCUT2D eigenvalue weighted by Gasteiger charge is -2.16. The number of hydrogen-bond acceptors (Lipinski definition) is 6. The number of nitrogens with one attached hydrogen (secondary N) is 2. The maximum absolute atomic E-state index is 8.58. The standard InChI is InChI=1S/C16H19N7.C2H6.CH3NO/c1-2-8-22(7-1)16-18-15(13-4-3-9-23(13)21-16)17-14-10-12(19-20-14)11-5-6-11;1-2;2-1-3/h3-4,9-11H,1-2,5-8H2,(H2,17,18,19,20,21);1-2H3;1H,(H2,2,3). The summed E-state index contributed by atoms with van der Waals surface area (Å²) in [5.74, 6) is 3.07. The lowest BCUT2D eigenvalue weighted by molar-refractivity contribution is -0.106. The van der Waals surface area contributed by atoms with E-state index in [4.69, 9.17) is 9.78 Å². The van der Waals surface area contributed by atoms with Crippen LogP contribution in [-0.2, 0) is 4.79 Å². The van der Waals surface area contributed by atoms with Crippen molar-refractivity contribution in [1.82, 2.24) is 24.8 Å². The number of nitrogens with zero attached hydrogens (tertiary/aromatic N) is 5. The average Bonchev–Trinajstić information content (AvgIpc) is 3.12. The predicted octanol–water partition coefficient (Wildman–Crippen LogP) is 2.80. The Morgan fingerprint density at radius 2 is 2.00 bits per heavy atom. The summed E-state index contributed by atoms with van der Waals surface area (Å²) >= 11 is 0. The average molecular weight is 384 g/mol. The first-order valence-electron chi connectivity index (χ1n) is 9.86. The molecule has 4 heterocycles. The van der Waals surface area contributed by atoms with Crippen LogP contribution in [0.5, 0.6) is 0 Å². The molecule has 1 aliphatic carbocycles. The highest BCUT2D eigenvalue weighted by Gasteiger charge is 2.25. The van der Waals surface area contributed by atoms with Gasteiger partial charge in [-0.1, -0.05) is 13.8 Å². The molecule has 5 rings (SSSR count). The fourth-order valence-electron chi connectivity index (χ4n) is 3.19. The van der Waals surface area contributed by atoms with E-state index in [-0.39, 0.29) is 6.41 Å². The van der Waals surface area contributed by atoms with E-state index in [0.717, 1.165) is 36.2 Å². The third kappa shape index (κ3) is 4.41. The van der Waals surface area contributed by atoms with Gasteiger partial charge in [0.2, 0.25) is 12.4 Å². The van der Waals surface area contributed by atoms with Crippen molar-refractivity contribution < 1.29 is 4.79 Å². The maximum Gasteiger partial charge on any atom is 0.245 e. The van der Waals surface area contributed by atoms with Gasteiger partial charge in [-0.2, -0.15) is 10.1 Å². The minimum Gasteiger partial charge on any atom is -0.372 e. The molecule has 1 saturated carbocycles. The molecule has 3 aromatic heterocycles. The first-order valence-corrected chi connectivity index (χ1v) is 9.86. The van der Waals surface area contributed by atoms with Gasteiger partial charge in [-0.25, -0.2) is 4.52 Å². The van der Waals surface area contributed by atoms with Crippen LogP contribution in [-0.4, -0.2) is 44.3 Å². The van der Waals surface area contributed by atoms with Gasteiger partial charge in [-0.15, -0.1) is 5.10 Å². The minimum absolute atomic E-state index is 0.250. The summed E-state index contributed by atoms with van der Waals surface area (Å²) in [4.78, 5) is 15.6. The number of hydrogen-bond donors (Lipinski definition) is 3. The topological polar surface area (TPSA) is 117 Å². The Hall–Kier alpha value is -3.10. The summed E-state index contributed by atoms with van der Waals surface area (Å²) in [5, 5.41) is 15.5. The number of amides is 1. The zero-order chi connectivity index (χ0) is 19.9. The quantitative estimate of drug-likeness (QED) is 0.596. The molecule has 150 valence electrons. The largest absolute Gasteiger partial charge is 0.372 e. The molecular formula is C19H28N8O. The number of nitrogens with two attached hydrogens (primary N) is 1. The number of anilines is 3. The van der Waals surface area contributed by atoms with Gasteiger partial charge in [-0.3, -0.25) is 9.89 Å².